The van der Waals surface area contributed by atoms with Gasteiger partial charge in [0.2, 0.25) is 0 Å². The molecule has 0 aromatic heterocycles. The van der Waals surface area contributed by atoms with Crippen LogP contribution in [-0.4, -0.2) is 0 Å². The fraction of sp³-hybridized carbons (Fsp3) is 0.0769. The molecule has 0 N–H and O–H groups in total. The standard InChI is InChI=1S/C13H9BrClIO/c14-12-7-9(8-15)1-6-13(12)17-11-4-2-10(16)3-5-11/h1-7H,8H2. The van der Waals surface area contributed by atoms with E-state index in [1.807, 2.05) is 42.5 Å². The largest absolute Gasteiger partial charge is 0.456 e. The Morgan fingerprint density at radius 1 is 1.12 bits per heavy atom. The predicted octanol–water partition coefficient (Wildman–Crippen LogP) is 5.58. The van der Waals surface area contributed by atoms with Crippen LogP contribution in [0.25, 0.3) is 0 Å². The zero-order chi connectivity index (χ0) is 12.3. The molecule has 0 spiro atoms. The van der Waals surface area contributed by atoms with E-state index in [9.17, 15) is 0 Å². The molecule has 0 saturated carbocycles. The fourth-order valence-corrected chi connectivity index (χ4v) is 2.37. The van der Waals surface area contributed by atoms with Crippen molar-refractivity contribution in [1.82, 2.24) is 0 Å². The molecule has 0 radical (unpaired) electrons. The van der Waals surface area contributed by atoms with E-state index in [-0.39, 0.29) is 0 Å². The molecule has 0 unspecified atom stereocenters. The highest BCUT2D eigenvalue weighted by Crippen LogP contribution is 2.31. The van der Waals surface area contributed by atoms with E-state index >= 15 is 0 Å². The fourth-order valence-electron chi connectivity index (χ4n) is 1.34. The third-order valence-corrected chi connectivity index (χ3v) is 3.84. The van der Waals surface area contributed by atoms with Crippen LogP contribution >= 0.6 is 50.1 Å². The molecule has 0 fully saturated rings. The summed E-state index contributed by atoms with van der Waals surface area (Å²) in [5, 5.41) is 0. The van der Waals surface area contributed by atoms with Gasteiger partial charge in [-0.2, -0.15) is 0 Å². The van der Waals surface area contributed by atoms with E-state index in [2.05, 4.69) is 38.5 Å². The number of hydrogen-bond donors (Lipinski definition) is 0. The average Bonchev–Trinajstić information content (AvgIpc) is 2.34. The number of hydrogen-bond acceptors (Lipinski definition) is 1. The van der Waals surface area contributed by atoms with Gasteiger partial charge in [-0.25, -0.2) is 0 Å². The molecule has 0 aliphatic carbocycles. The van der Waals surface area contributed by atoms with Crippen molar-refractivity contribution in [2.75, 3.05) is 0 Å². The van der Waals surface area contributed by atoms with Crippen LogP contribution in [0.5, 0.6) is 11.5 Å². The number of alkyl halides is 1. The lowest BCUT2D eigenvalue weighted by Crippen LogP contribution is -1.87. The first-order valence-corrected chi connectivity index (χ1v) is 7.37. The maximum absolute atomic E-state index is 5.77. The maximum Gasteiger partial charge on any atom is 0.141 e. The molecular formula is C13H9BrClIO. The van der Waals surface area contributed by atoms with Crippen molar-refractivity contribution in [2.24, 2.45) is 0 Å². The van der Waals surface area contributed by atoms with Gasteiger partial charge in [0.05, 0.1) is 4.47 Å². The quantitative estimate of drug-likeness (QED) is 0.462. The third kappa shape index (κ3) is 3.60. The summed E-state index contributed by atoms with van der Waals surface area (Å²) >= 11 is 11.5. The second-order valence-electron chi connectivity index (χ2n) is 3.45. The first-order chi connectivity index (χ1) is 8.19. The molecule has 0 aliphatic rings. The minimum Gasteiger partial charge on any atom is -0.456 e. The summed E-state index contributed by atoms with van der Waals surface area (Å²) < 4.78 is 7.87. The summed E-state index contributed by atoms with van der Waals surface area (Å²) in [6.45, 7) is 0. The molecule has 88 valence electrons. The molecule has 4 heteroatoms. The SMILES string of the molecule is ClCc1ccc(Oc2ccc(I)cc2)c(Br)c1. The van der Waals surface area contributed by atoms with E-state index in [0.717, 1.165) is 21.5 Å². The molecule has 17 heavy (non-hydrogen) atoms. The summed E-state index contributed by atoms with van der Waals surface area (Å²) in [7, 11) is 0. The van der Waals surface area contributed by atoms with Crippen molar-refractivity contribution in [3.63, 3.8) is 0 Å². The molecule has 0 atom stereocenters. The van der Waals surface area contributed by atoms with Crippen molar-refractivity contribution in [3.05, 3.63) is 56.1 Å². The van der Waals surface area contributed by atoms with Crippen LogP contribution in [-0.2, 0) is 5.88 Å². The minimum absolute atomic E-state index is 0.502. The van der Waals surface area contributed by atoms with Gasteiger partial charge in [0.15, 0.2) is 0 Å². The van der Waals surface area contributed by atoms with Gasteiger partial charge in [0.1, 0.15) is 11.5 Å². The zero-order valence-corrected chi connectivity index (χ0v) is 13.3. The van der Waals surface area contributed by atoms with Gasteiger partial charge in [-0.05, 0) is 80.5 Å². The Morgan fingerprint density at radius 3 is 2.41 bits per heavy atom. The molecule has 0 aliphatic heterocycles. The second kappa shape index (κ2) is 6.07. The van der Waals surface area contributed by atoms with Crippen molar-refractivity contribution < 1.29 is 4.74 Å². The van der Waals surface area contributed by atoms with Crippen LogP contribution in [0.3, 0.4) is 0 Å². The molecule has 0 heterocycles. The first-order valence-electron chi connectivity index (χ1n) is 4.97. The van der Waals surface area contributed by atoms with Gasteiger partial charge in [-0.15, -0.1) is 11.6 Å². The molecule has 0 bridgehead atoms. The Hall–Kier alpha value is -0.260. The minimum atomic E-state index is 0.502. The van der Waals surface area contributed by atoms with Crippen molar-refractivity contribution >= 4 is 50.1 Å². The molecular weight excluding hydrogens is 414 g/mol. The molecule has 0 amide bonds. The van der Waals surface area contributed by atoms with Gasteiger partial charge in [-0.1, -0.05) is 6.07 Å². The van der Waals surface area contributed by atoms with Crippen LogP contribution in [0.15, 0.2) is 46.9 Å². The van der Waals surface area contributed by atoms with Gasteiger partial charge in [-0.3, -0.25) is 0 Å². The lowest BCUT2D eigenvalue weighted by Gasteiger charge is -2.08. The second-order valence-corrected chi connectivity index (χ2v) is 5.82. The summed E-state index contributed by atoms with van der Waals surface area (Å²) in [5.41, 5.74) is 1.06. The number of ether oxygens (including phenoxy) is 1. The first kappa shape index (κ1) is 13.2. The van der Waals surface area contributed by atoms with E-state index in [1.165, 1.54) is 3.57 Å². The highest BCUT2D eigenvalue weighted by Gasteiger charge is 2.03. The molecule has 2 aromatic carbocycles. The molecule has 2 aromatic rings. The number of halogens is 3. The maximum atomic E-state index is 5.77. The Bertz CT molecular complexity index is 513. The van der Waals surface area contributed by atoms with Crippen molar-refractivity contribution in [3.8, 4) is 11.5 Å². The smallest absolute Gasteiger partial charge is 0.141 e. The Balaban J connectivity index is 2.21. The summed E-state index contributed by atoms with van der Waals surface area (Å²) in [4.78, 5) is 0. The normalized spacial score (nSPS) is 10.3. The summed E-state index contributed by atoms with van der Waals surface area (Å²) in [6, 6.07) is 13.8. The Morgan fingerprint density at radius 2 is 1.82 bits per heavy atom. The van der Waals surface area contributed by atoms with E-state index in [1.54, 1.807) is 0 Å². The van der Waals surface area contributed by atoms with Crippen LogP contribution in [0, 0.1) is 3.57 Å². The lowest BCUT2D eigenvalue weighted by molar-refractivity contribution is 0.479. The summed E-state index contributed by atoms with van der Waals surface area (Å²) in [5.74, 6) is 2.12. The van der Waals surface area contributed by atoms with E-state index < -0.39 is 0 Å². The van der Waals surface area contributed by atoms with Gasteiger partial charge in [0.25, 0.3) is 0 Å². The van der Waals surface area contributed by atoms with Crippen LogP contribution in [0.2, 0.25) is 0 Å². The monoisotopic (exact) mass is 422 g/mol. The average molecular weight is 423 g/mol. The van der Waals surface area contributed by atoms with Crippen LogP contribution in [0.4, 0.5) is 0 Å². The number of rotatable bonds is 3. The van der Waals surface area contributed by atoms with Crippen LogP contribution < -0.4 is 4.74 Å². The van der Waals surface area contributed by atoms with E-state index in [0.29, 0.717) is 5.88 Å². The van der Waals surface area contributed by atoms with Crippen molar-refractivity contribution in [2.45, 2.75) is 5.88 Å². The summed E-state index contributed by atoms with van der Waals surface area (Å²) in [6.07, 6.45) is 0. The molecule has 2 rings (SSSR count). The Labute approximate surface area is 127 Å². The highest BCUT2D eigenvalue weighted by atomic mass is 127. The predicted molar refractivity (Wildman–Crippen MR) is 82.9 cm³/mol. The lowest BCUT2D eigenvalue weighted by atomic mass is 10.2. The zero-order valence-electron chi connectivity index (χ0n) is 8.79. The molecule has 0 saturated heterocycles. The molecule has 1 nitrogen and oxygen atoms in total. The Kier molecular flexibility index (Phi) is 4.70. The van der Waals surface area contributed by atoms with Crippen LogP contribution in [0.1, 0.15) is 5.56 Å². The third-order valence-electron chi connectivity index (χ3n) is 2.19. The highest BCUT2D eigenvalue weighted by molar-refractivity contribution is 14.1. The van der Waals surface area contributed by atoms with Gasteiger partial charge >= 0.3 is 0 Å². The van der Waals surface area contributed by atoms with Crippen molar-refractivity contribution in [1.29, 1.82) is 0 Å². The topological polar surface area (TPSA) is 9.23 Å². The van der Waals surface area contributed by atoms with E-state index in [4.69, 9.17) is 16.3 Å². The van der Waals surface area contributed by atoms with Gasteiger partial charge < -0.3 is 4.74 Å². The number of benzene rings is 2. The van der Waals surface area contributed by atoms with Gasteiger partial charge in [0, 0.05) is 9.45 Å².